The average molecular weight is 268 g/mol. The Morgan fingerprint density at radius 2 is 2.11 bits per heavy atom. The van der Waals surface area contributed by atoms with Crippen LogP contribution >= 0.6 is 0 Å². The fourth-order valence-electron chi connectivity index (χ4n) is 2.05. The summed E-state index contributed by atoms with van der Waals surface area (Å²) in [4.78, 5) is 10.5. The first-order valence-corrected chi connectivity index (χ1v) is 6.06. The Morgan fingerprint density at radius 1 is 1.47 bits per heavy atom. The monoisotopic (exact) mass is 268 g/mol. The van der Waals surface area contributed by atoms with Crippen LogP contribution < -0.4 is 15.2 Å². The van der Waals surface area contributed by atoms with Crippen molar-refractivity contribution in [1.29, 1.82) is 0 Å². The van der Waals surface area contributed by atoms with Crippen molar-refractivity contribution in [3.63, 3.8) is 0 Å². The van der Waals surface area contributed by atoms with E-state index in [9.17, 15) is 15.2 Å². The Balaban J connectivity index is 2.40. The van der Waals surface area contributed by atoms with E-state index in [1.807, 2.05) is 6.92 Å². The predicted octanol–water partition coefficient (Wildman–Crippen LogP) is 1.48. The lowest BCUT2D eigenvalue weighted by Crippen LogP contribution is -2.26. The highest BCUT2D eigenvalue weighted by Gasteiger charge is 2.29. The molecule has 1 aliphatic heterocycles. The van der Waals surface area contributed by atoms with E-state index in [2.05, 4.69) is 0 Å². The van der Waals surface area contributed by atoms with Crippen molar-refractivity contribution in [3.8, 4) is 11.5 Å². The molecule has 0 unspecified atom stereocenters. The van der Waals surface area contributed by atoms with Crippen LogP contribution in [0, 0.1) is 10.1 Å². The standard InChI is InChI=1S/C12H16N2O5/c1-2-3-9(15)12(13)7-4-10-11(19-6-18-10)5-8(7)14(16)17/h4-5,9,12,15H,2-3,6,13H2,1H3/t9-,12+/m0/s1. The highest BCUT2D eigenvalue weighted by Crippen LogP contribution is 2.40. The highest BCUT2D eigenvalue weighted by atomic mass is 16.7. The molecule has 0 saturated carbocycles. The number of ether oxygens (including phenoxy) is 2. The Bertz CT molecular complexity index is 491. The molecule has 0 saturated heterocycles. The molecule has 1 aromatic rings. The van der Waals surface area contributed by atoms with Crippen molar-refractivity contribution in [2.45, 2.75) is 31.9 Å². The second kappa shape index (κ2) is 5.41. The van der Waals surface area contributed by atoms with Gasteiger partial charge in [-0.15, -0.1) is 0 Å². The minimum Gasteiger partial charge on any atom is -0.454 e. The van der Waals surface area contributed by atoms with Gasteiger partial charge < -0.3 is 20.3 Å². The molecule has 1 aliphatic rings. The molecule has 2 rings (SSSR count). The smallest absolute Gasteiger partial charge is 0.278 e. The van der Waals surface area contributed by atoms with Crippen LogP contribution in [0.3, 0.4) is 0 Å². The number of rotatable bonds is 5. The van der Waals surface area contributed by atoms with Gasteiger partial charge in [-0.05, 0) is 12.5 Å². The molecule has 0 radical (unpaired) electrons. The van der Waals surface area contributed by atoms with E-state index in [1.165, 1.54) is 12.1 Å². The number of nitrogens with two attached hydrogens (primary N) is 1. The Morgan fingerprint density at radius 3 is 2.68 bits per heavy atom. The van der Waals surface area contributed by atoms with E-state index in [0.29, 0.717) is 17.9 Å². The number of nitrogens with zero attached hydrogens (tertiary/aromatic N) is 1. The minimum absolute atomic E-state index is 0.0304. The largest absolute Gasteiger partial charge is 0.454 e. The molecule has 7 heteroatoms. The first kappa shape index (κ1) is 13.6. The zero-order valence-corrected chi connectivity index (χ0v) is 10.5. The number of aliphatic hydroxyl groups excluding tert-OH is 1. The Labute approximate surface area is 110 Å². The lowest BCUT2D eigenvalue weighted by Gasteiger charge is -2.18. The second-order valence-electron chi connectivity index (χ2n) is 4.40. The van der Waals surface area contributed by atoms with Gasteiger partial charge in [-0.1, -0.05) is 13.3 Å². The van der Waals surface area contributed by atoms with Gasteiger partial charge in [-0.2, -0.15) is 0 Å². The van der Waals surface area contributed by atoms with E-state index in [0.717, 1.165) is 6.42 Å². The van der Waals surface area contributed by atoms with Gasteiger partial charge in [-0.25, -0.2) is 0 Å². The number of nitro groups is 1. The molecule has 0 fully saturated rings. The number of nitro benzene ring substituents is 1. The third-order valence-corrected chi connectivity index (χ3v) is 3.08. The van der Waals surface area contributed by atoms with Crippen LogP contribution in [-0.4, -0.2) is 22.9 Å². The average Bonchev–Trinajstić information content (AvgIpc) is 2.83. The summed E-state index contributed by atoms with van der Waals surface area (Å²) in [6.45, 7) is 1.94. The molecular formula is C12H16N2O5. The number of fused-ring (bicyclic) bond motifs is 1. The summed E-state index contributed by atoms with van der Waals surface area (Å²) in [5.41, 5.74) is 6.01. The predicted molar refractivity (Wildman–Crippen MR) is 67.1 cm³/mol. The van der Waals surface area contributed by atoms with Crippen LogP contribution in [0.5, 0.6) is 11.5 Å². The van der Waals surface area contributed by atoms with Crippen molar-refractivity contribution in [3.05, 3.63) is 27.8 Å². The quantitative estimate of drug-likeness (QED) is 0.618. The zero-order valence-electron chi connectivity index (χ0n) is 10.5. The molecule has 3 N–H and O–H groups in total. The lowest BCUT2D eigenvalue weighted by molar-refractivity contribution is -0.385. The van der Waals surface area contributed by atoms with Gasteiger partial charge in [0.2, 0.25) is 6.79 Å². The molecule has 0 spiro atoms. The van der Waals surface area contributed by atoms with Gasteiger partial charge in [-0.3, -0.25) is 10.1 Å². The maximum atomic E-state index is 11.1. The van der Waals surface area contributed by atoms with E-state index in [1.54, 1.807) is 0 Å². The fraction of sp³-hybridized carbons (Fsp3) is 0.500. The minimum atomic E-state index is -0.830. The van der Waals surface area contributed by atoms with Gasteiger partial charge in [0.05, 0.1) is 28.7 Å². The highest BCUT2D eigenvalue weighted by molar-refractivity contribution is 5.56. The maximum absolute atomic E-state index is 11.1. The fourth-order valence-corrected chi connectivity index (χ4v) is 2.05. The normalized spacial score (nSPS) is 16.2. The summed E-state index contributed by atoms with van der Waals surface area (Å²) < 4.78 is 10.3. The van der Waals surface area contributed by atoms with Gasteiger partial charge in [0, 0.05) is 0 Å². The molecule has 0 bridgehead atoms. The number of hydrogen-bond donors (Lipinski definition) is 2. The first-order chi connectivity index (χ1) is 9.04. The Hall–Kier alpha value is -1.86. The van der Waals surface area contributed by atoms with E-state index in [-0.39, 0.29) is 18.0 Å². The third kappa shape index (κ3) is 2.61. The number of benzene rings is 1. The molecule has 1 heterocycles. The summed E-state index contributed by atoms with van der Waals surface area (Å²) in [7, 11) is 0. The SMILES string of the molecule is CCC[C@H](O)[C@H](N)c1cc2c(cc1[N+](=O)[O-])OCO2. The van der Waals surface area contributed by atoms with Gasteiger partial charge in [0.25, 0.3) is 5.69 Å². The van der Waals surface area contributed by atoms with Crippen molar-refractivity contribution >= 4 is 5.69 Å². The van der Waals surface area contributed by atoms with Crippen LogP contribution in [0.25, 0.3) is 0 Å². The number of hydrogen-bond acceptors (Lipinski definition) is 6. The molecular weight excluding hydrogens is 252 g/mol. The van der Waals surface area contributed by atoms with Gasteiger partial charge in [0.1, 0.15) is 0 Å². The summed E-state index contributed by atoms with van der Waals surface area (Å²) in [6.07, 6.45) is 0.393. The van der Waals surface area contributed by atoms with Crippen LogP contribution in [0.15, 0.2) is 12.1 Å². The molecule has 19 heavy (non-hydrogen) atoms. The first-order valence-electron chi connectivity index (χ1n) is 6.06. The van der Waals surface area contributed by atoms with E-state index in [4.69, 9.17) is 15.2 Å². The van der Waals surface area contributed by atoms with Gasteiger partial charge in [0.15, 0.2) is 11.5 Å². The summed E-state index contributed by atoms with van der Waals surface area (Å²) >= 11 is 0. The molecule has 0 aromatic heterocycles. The molecule has 1 aromatic carbocycles. The summed E-state index contributed by atoms with van der Waals surface area (Å²) in [5, 5.41) is 21.0. The second-order valence-corrected chi connectivity index (χ2v) is 4.40. The van der Waals surface area contributed by atoms with Crippen LogP contribution in [0.1, 0.15) is 31.4 Å². The van der Waals surface area contributed by atoms with Crippen LogP contribution in [-0.2, 0) is 0 Å². The summed E-state index contributed by atoms with van der Waals surface area (Å²) in [6, 6.07) is 1.94. The number of aliphatic hydroxyl groups is 1. The van der Waals surface area contributed by atoms with Crippen LogP contribution in [0.2, 0.25) is 0 Å². The van der Waals surface area contributed by atoms with Crippen molar-refractivity contribution in [1.82, 2.24) is 0 Å². The van der Waals surface area contributed by atoms with Crippen molar-refractivity contribution in [2.24, 2.45) is 5.73 Å². The third-order valence-electron chi connectivity index (χ3n) is 3.08. The Kier molecular flexibility index (Phi) is 3.87. The van der Waals surface area contributed by atoms with Crippen molar-refractivity contribution in [2.75, 3.05) is 6.79 Å². The van der Waals surface area contributed by atoms with Crippen LogP contribution in [0.4, 0.5) is 5.69 Å². The van der Waals surface area contributed by atoms with E-state index >= 15 is 0 Å². The lowest BCUT2D eigenvalue weighted by atomic mass is 9.97. The molecule has 0 amide bonds. The molecule has 104 valence electrons. The molecule has 0 aliphatic carbocycles. The zero-order chi connectivity index (χ0) is 14.0. The topological polar surface area (TPSA) is 108 Å². The van der Waals surface area contributed by atoms with Crippen molar-refractivity contribution < 1.29 is 19.5 Å². The van der Waals surface area contributed by atoms with E-state index < -0.39 is 17.1 Å². The molecule has 2 atom stereocenters. The summed E-state index contributed by atoms with van der Waals surface area (Å²) in [5.74, 6) is 0.743. The molecule has 7 nitrogen and oxygen atoms in total. The maximum Gasteiger partial charge on any atom is 0.278 e. The van der Waals surface area contributed by atoms with Gasteiger partial charge >= 0.3 is 0 Å².